The van der Waals surface area contributed by atoms with E-state index in [-0.39, 0.29) is 24.2 Å². The minimum absolute atomic E-state index is 0.0484. The first-order chi connectivity index (χ1) is 12.5. The second kappa shape index (κ2) is 7.56. The maximum Gasteiger partial charge on any atom is 0.257 e. The van der Waals surface area contributed by atoms with Crippen LogP contribution in [0.25, 0.3) is 0 Å². The van der Waals surface area contributed by atoms with Crippen LogP contribution in [-0.4, -0.2) is 25.0 Å². The van der Waals surface area contributed by atoms with Crippen LogP contribution in [0.5, 0.6) is 5.75 Å². The molecule has 3 rings (SSSR count). The van der Waals surface area contributed by atoms with Crippen LogP contribution < -0.4 is 15.4 Å². The molecule has 1 saturated carbocycles. The number of carbonyl (C=O) groups is 2. The highest BCUT2D eigenvalue weighted by molar-refractivity contribution is 6.01. The Hall–Kier alpha value is -2.89. The molecule has 0 spiro atoms. The molecule has 2 amide bonds. The molecule has 0 aliphatic heterocycles. The normalized spacial score (nSPS) is 14.4. The fraction of sp³-hybridized carbons (Fsp3) is 0.300. The van der Waals surface area contributed by atoms with E-state index in [1.807, 2.05) is 6.92 Å². The number of hydrogen-bond donors (Lipinski definition) is 2. The summed E-state index contributed by atoms with van der Waals surface area (Å²) in [5.74, 6) is -0.0398. The summed E-state index contributed by atoms with van der Waals surface area (Å²) in [5.41, 5.74) is 0.910. The van der Waals surface area contributed by atoms with Crippen molar-refractivity contribution in [3.8, 4) is 5.75 Å². The zero-order valence-corrected chi connectivity index (χ0v) is 14.5. The number of halogens is 1. The van der Waals surface area contributed by atoms with Gasteiger partial charge in [0.25, 0.3) is 5.91 Å². The summed E-state index contributed by atoms with van der Waals surface area (Å²) >= 11 is 0. The molecule has 1 aliphatic rings. The Morgan fingerprint density at radius 3 is 2.31 bits per heavy atom. The first-order valence-corrected chi connectivity index (χ1v) is 8.60. The van der Waals surface area contributed by atoms with Gasteiger partial charge in [-0.25, -0.2) is 4.39 Å². The molecule has 2 N–H and O–H groups in total. The molecule has 6 heteroatoms. The number of benzene rings is 2. The van der Waals surface area contributed by atoms with Gasteiger partial charge in [0.15, 0.2) is 6.61 Å². The van der Waals surface area contributed by atoms with Gasteiger partial charge >= 0.3 is 0 Å². The SMILES string of the molecule is CCNC(=O)COc1ccc(NC(=O)C2(c3ccc(F)cc3)CC2)cc1. The van der Waals surface area contributed by atoms with E-state index < -0.39 is 5.41 Å². The lowest BCUT2D eigenvalue weighted by Gasteiger charge is -2.16. The molecule has 0 radical (unpaired) electrons. The highest BCUT2D eigenvalue weighted by atomic mass is 19.1. The fourth-order valence-electron chi connectivity index (χ4n) is 2.82. The fourth-order valence-corrected chi connectivity index (χ4v) is 2.82. The van der Waals surface area contributed by atoms with E-state index in [1.54, 1.807) is 36.4 Å². The van der Waals surface area contributed by atoms with Crippen molar-refractivity contribution in [2.75, 3.05) is 18.5 Å². The van der Waals surface area contributed by atoms with Crippen molar-refractivity contribution in [1.29, 1.82) is 0 Å². The van der Waals surface area contributed by atoms with Crippen molar-refractivity contribution in [2.45, 2.75) is 25.2 Å². The lowest BCUT2D eigenvalue weighted by molar-refractivity contribution is -0.123. The number of carbonyl (C=O) groups excluding carboxylic acids is 2. The van der Waals surface area contributed by atoms with Crippen LogP contribution >= 0.6 is 0 Å². The second-order valence-corrected chi connectivity index (χ2v) is 6.31. The van der Waals surface area contributed by atoms with E-state index in [2.05, 4.69) is 10.6 Å². The number of rotatable bonds is 7. The molecule has 0 atom stereocenters. The number of ether oxygens (including phenoxy) is 1. The molecule has 2 aromatic rings. The van der Waals surface area contributed by atoms with Crippen LogP contribution in [0, 0.1) is 5.82 Å². The third-order valence-electron chi connectivity index (χ3n) is 4.44. The van der Waals surface area contributed by atoms with Crippen LogP contribution in [0.15, 0.2) is 48.5 Å². The smallest absolute Gasteiger partial charge is 0.257 e. The van der Waals surface area contributed by atoms with Crippen LogP contribution in [-0.2, 0) is 15.0 Å². The van der Waals surface area contributed by atoms with Crippen LogP contribution in [0.3, 0.4) is 0 Å². The predicted octanol–water partition coefficient (Wildman–Crippen LogP) is 3.01. The molecular formula is C20H21FN2O3. The molecule has 0 heterocycles. The molecule has 136 valence electrons. The summed E-state index contributed by atoms with van der Waals surface area (Å²) < 4.78 is 18.5. The Morgan fingerprint density at radius 1 is 1.08 bits per heavy atom. The van der Waals surface area contributed by atoms with Crippen LogP contribution in [0.2, 0.25) is 0 Å². The molecule has 1 aliphatic carbocycles. The zero-order chi connectivity index (χ0) is 18.6. The lowest BCUT2D eigenvalue weighted by atomic mass is 9.95. The third-order valence-corrected chi connectivity index (χ3v) is 4.44. The van der Waals surface area contributed by atoms with Gasteiger partial charge in [-0.05, 0) is 61.7 Å². The molecule has 5 nitrogen and oxygen atoms in total. The maximum absolute atomic E-state index is 13.1. The Morgan fingerprint density at radius 2 is 1.73 bits per heavy atom. The van der Waals surface area contributed by atoms with Crippen molar-refractivity contribution in [3.05, 3.63) is 59.9 Å². The Bertz CT molecular complexity index is 784. The summed E-state index contributed by atoms with van der Waals surface area (Å²) in [6, 6.07) is 12.9. The van der Waals surface area contributed by atoms with Gasteiger partial charge in [0.2, 0.25) is 5.91 Å². The highest BCUT2D eigenvalue weighted by Gasteiger charge is 2.51. The number of anilines is 1. The van der Waals surface area contributed by atoms with Crippen LogP contribution in [0.1, 0.15) is 25.3 Å². The lowest BCUT2D eigenvalue weighted by Crippen LogP contribution is -2.28. The molecule has 0 aromatic heterocycles. The van der Waals surface area contributed by atoms with Gasteiger partial charge in [-0.15, -0.1) is 0 Å². The summed E-state index contributed by atoms with van der Waals surface area (Å²) in [7, 11) is 0. The van der Waals surface area contributed by atoms with Crippen molar-refractivity contribution in [3.63, 3.8) is 0 Å². The largest absolute Gasteiger partial charge is 0.484 e. The first kappa shape index (κ1) is 17.9. The van der Waals surface area contributed by atoms with Gasteiger partial charge in [-0.3, -0.25) is 9.59 Å². The first-order valence-electron chi connectivity index (χ1n) is 8.60. The van der Waals surface area contributed by atoms with E-state index in [1.165, 1.54) is 12.1 Å². The van der Waals surface area contributed by atoms with Gasteiger partial charge < -0.3 is 15.4 Å². The zero-order valence-electron chi connectivity index (χ0n) is 14.5. The third kappa shape index (κ3) is 4.02. The Kier molecular flexibility index (Phi) is 5.21. The summed E-state index contributed by atoms with van der Waals surface area (Å²) in [6.07, 6.45) is 1.50. The summed E-state index contributed by atoms with van der Waals surface area (Å²) in [6.45, 7) is 2.35. The summed E-state index contributed by atoms with van der Waals surface area (Å²) in [4.78, 5) is 24.1. The van der Waals surface area contributed by atoms with E-state index in [4.69, 9.17) is 4.74 Å². The van der Waals surface area contributed by atoms with E-state index in [9.17, 15) is 14.0 Å². The van der Waals surface area contributed by atoms with Crippen molar-refractivity contribution >= 4 is 17.5 Å². The van der Waals surface area contributed by atoms with Gasteiger partial charge in [-0.2, -0.15) is 0 Å². The molecule has 26 heavy (non-hydrogen) atoms. The molecule has 1 fully saturated rings. The van der Waals surface area contributed by atoms with Crippen LogP contribution in [0.4, 0.5) is 10.1 Å². The Labute approximate surface area is 151 Å². The minimum atomic E-state index is -0.568. The molecular weight excluding hydrogens is 335 g/mol. The van der Waals surface area contributed by atoms with E-state index in [0.29, 0.717) is 18.0 Å². The maximum atomic E-state index is 13.1. The average Bonchev–Trinajstić information content (AvgIpc) is 3.44. The highest BCUT2D eigenvalue weighted by Crippen LogP contribution is 2.49. The number of hydrogen-bond acceptors (Lipinski definition) is 3. The second-order valence-electron chi connectivity index (χ2n) is 6.31. The molecule has 0 unspecified atom stereocenters. The summed E-state index contributed by atoms with van der Waals surface area (Å²) in [5, 5.41) is 5.55. The van der Waals surface area contributed by atoms with Crippen molar-refractivity contribution < 1.29 is 18.7 Å². The molecule has 0 saturated heterocycles. The van der Waals surface area contributed by atoms with Crippen molar-refractivity contribution in [1.82, 2.24) is 5.32 Å². The predicted molar refractivity (Wildman–Crippen MR) is 96.6 cm³/mol. The minimum Gasteiger partial charge on any atom is -0.484 e. The van der Waals surface area contributed by atoms with Crippen molar-refractivity contribution in [2.24, 2.45) is 0 Å². The standard InChI is InChI=1S/C20H21FN2O3/c1-2-22-18(24)13-26-17-9-7-16(8-10-17)23-19(25)20(11-12-20)14-3-5-15(21)6-4-14/h3-10H,2,11-13H2,1H3,(H,22,24)(H,23,25). The molecule has 0 bridgehead atoms. The van der Waals surface area contributed by atoms with Gasteiger partial charge in [0.1, 0.15) is 11.6 Å². The number of likely N-dealkylation sites (N-methyl/N-ethyl adjacent to an activating group) is 1. The monoisotopic (exact) mass is 356 g/mol. The topological polar surface area (TPSA) is 67.4 Å². The van der Waals surface area contributed by atoms with Gasteiger partial charge in [0.05, 0.1) is 5.41 Å². The Balaban J connectivity index is 1.59. The molecule has 2 aromatic carbocycles. The number of nitrogens with one attached hydrogen (secondary N) is 2. The van der Waals surface area contributed by atoms with E-state index >= 15 is 0 Å². The van der Waals surface area contributed by atoms with Gasteiger partial charge in [0, 0.05) is 12.2 Å². The van der Waals surface area contributed by atoms with Gasteiger partial charge in [-0.1, -0.05) is 12.1 Å². The quantitative estimate of drug-likeness (QED) is 0.801. The van der Waals surface area contributed by atoms with E-state index in [0.717, 1.165) is 18.4 Å². The average molecular weight is 356 g/mol. The number of amides is 2.